The van der Waals surface area contributed by atoms with E-state index in [2.05, 4.69) is 19.1 Å². The van der Waals surface area contributed by atoms with E-state index < -0.39 is 0 Å². The molecule has 2 heteroatoms. The van der Waals surface area contributed by atoms with Gasteiger partial charge < -0.3 is 22.3 Å². The second-order valence-electron chi connectivity index (χ2n) is 1.46. The zero-order valence-corrected chi connectivity index (χ0v) is 12.8. The van der Waals surface area contributed by atoms with Gasteiger partial charge in [-0.3, -0.25) is 0 Å². The van der Waals surface area contributed by atoms with Gasteiger partial charge >= 0.3 is 21.1 Å². The minimum atomic E-state index is 0. The first-order valence-corrected chi connectivity index (χ1v) is 2.08. The van der Waals surface area contributed by atoms with Crippen LogP contribution < -0.4 is 0 Å². The summed E-state index contributed by atoms with van der Waals surface area (Å²) in [6.45, 7) is 2.08. The van der Waals surface area contributed by atoms with E-state index in [-0.39, 0.29) is 67.3 Å². The van der Waals surface area contributed by atoms with Crippen LogP contribution in [0.2, 0.25) is 0 Å². The molecule has 0 saturated carbocycles. The summed E-state index contributed by atoms with van der Waals surface area (Å²) in [5.41, 5.74) is 1.34. The van der Waals surface area contributed by atoms with Gasteiger partial charge in [0.15, 0.2) is 0 Å². The van der Waals surface area contributed by atoms with Crippen LogP contribution >= 0.6 is 0 Å². The fourth-order valence-corrected chi connectivity index (χ4v) is 0.470. The summed E-state index contributed by atoms with van der Waals surface area (Å²) >= 11 is 0. The summed E-state index contributed by atoms with van der Waals surface area (Å²) in [6.07, 6.45) is 0. The Bertz CT molecular complexity index is 113. The molecule has 0 aliphatic rings. The molecule has 4 radical (unpaired) electrons. The molecule has 0 aromatic heterocycles. The van der Waals surface area contributed by atoms with Gasteiger partial charge in [0.05, 0.1) is 0 Å². The molecule has 0 aliphatic heterocycles. The van der Waals surface area contributed by atoms with Gasteiger partial charge in [0.2, 0.25) is 0 Å². The molecule has 66 valence electrons. The fourth-order valence-electron chi connectivity index (χ4n) is 0.470. The standard InChI is InChI=1S/C6H7.3CH3.Pt.Sn/c1-6-4-2-3-5-6;;;;;/h2-5H,1H3;3*1H3;;/q4*-1;+4;. The molecule has 0 N–H and O–H groups in total. The number of aryl methyl sites for hydroxylation is 1. The van der Waals surface area contributed by atoms with Crippen LogP contribution in [0.1, 0.15) is 5.56 Å². The van der Waals surface area contributed by atoms with Gasteiger partial charge in [-0.25, -0.2) is 12.1 Å². The van der Waals surface area contributed by atoms with Crippen molar-refractivity contribution in [1.82, 2.24) is 0 Å². The molecule has 0 amide bonds. The molecule has 1 aromatic carbocycles. The Morgan fingerprint density at radius 1 is 0.909 bits per heavy atom. The maximum atomic E-state index is 2.08. The minimum absolute atomic E-state index is 0. The Hall–Kier alpha value is 0.837. The molecule has 0 heterocycles. The zero-order valence-electron chi connectivity index (χ0n) is 7.63. The number of hydrogen-bond donors (Lipinski definition) is 0. The maximum absolute atomic E-state index is 2.08. The molecular weight excluding hydrogens is 422 g/mol. The predicted octanol–water partition coefficient (Wildman–Crippen LogP) is 2.68. The molecule has 0 aliphatic carbocycles. The summed E-state index contributed by atoms with van der Waals surface area (Å²) in [4.78, 5) is 0. The second-order valence-corrected chi connectivity index (χ2v) is 1.46. The molecule has 1 rings (SSSR count). The topological polar surface area (TPSA) is 0 Å². The van der Waals surface area contributed by atoms with Crippen LogP contribution in [0.5, 0.6) is 0 Å². The van der Waals surface area contributed by atoms with Crippen molar-refractivity contribution in [3.63, 3.8) is 0 Å². The largest absolute Gasteiger partial charge is 4.00 e. The predicted molar refractivity (Wildman–Crippen MR) is 51.8 cm³/mol. The van der Waals surface area contributed by atoms with Crippen LogP contribution in [0.4, 0.5) is 0 Å². The van der Waals surface area contributed by atoms with E-state index in [4.69, 9.17) is 0 Å². The van der Waals surface area contributed by atoms with Crippen molar-refractivity contribution < 1.29 is 21.1 Å². The Balaban J connectivity index is -0.0000000240. The molecule has 0 unspecified atom stereocenters. The van der Waals surface area contributed by atoms with Crippen molar-refractivity contribution in [2.45, 2.75) is 6.92 Å². The van der Waals surface area contributed by atoms with E-state index in [1.807, 2.05) is 12.1 Å². The van der Waals surface area contributed by atoms with Crippen LogP contribution in [-0.4, -0.2) is 23.9 Å². The van der Waals surface area contributed by atoms with Gasteiger partial charge in [0, 0.05) is 23.9 Å². The van der Waals surface area contributed by atoms with Crippen molar-refractivity contribution in [1.29, 1.82) is 0 Å². The van der Waals surface area contributed by atoms with E-state index in [1.54, 1.807) is 0 Å². The molecular formula is C9H16PtSn. The van der Waals surface area contributed by atoms with Crippen LogP contribution in [-0.2, 0) is 21.1 Å². The van der Waals surface area contributed by atoms with Gasteiger partial charge in [-0.2, -0.15) is 17.7 Å². The average Bonchev–Trinajstić information content (AvgIpc) is 1.86. The summed E-state index contributed by atoms with van der Waals surface area (Å²) in [5, 5.41) is 0. The molecule has 0 saturated heterocycles. The van der Waals surface area contributed by atoms with Gasteiger partial charge in [-0.05, 0) is 0 Å². The molecule has 0 spiro atoms. The van der Waals surface area contributed by atoms with E-state index in [0.717, 1.165) is 0 Å². The van der Waals surface area contributed by atoms with Crippen molar-refractivity contribution in [3.05, 3.63) is 52.1 Å². The first-order chi connectivity index (χ1) is 2.89. The monoisotopic (exact) mass is 439 g/mol. The molecule has 11 heavy (non-hydrogen) atoms. The Morgan fingerprint density at radius 2 is 1.18 bits per heavy atom. The molecule has 0 fully saturated rings. The second kappa shape index (κ2) is 17.1. The minimum Gasteiger partial charge on any atom is -0.358 e. The third-order valence-corrected chi connectivity index (χ3v) is 0.829. The van der Waals surface area contributed by atoms with Gasteiger partial charge in [0.1, 0.15) is 0 Å². The fraction of sp³-hybridized carbons (Fsp3) is 0.111. The number of hydrogen-bond acceptors (Lipinski definition) is 0. The third kappa shape index (κ3) is 13.8. The van der Waals surface area contributed by atoms with E-state index in [0.29, 0.717) is 0 Å². The molecule has 0 bridgehead atoms. The Labute approximate surface area is 103 Å². The van der Waals surface area contributed by atoms with Crippen LogP contribution in [0.25, 0.3) is 0 Å². The average molecular weight is 438 g/mol. The SMILES string of the molecule is C[c-]1cccc1.[CH3-].[CH3-].[CH3-].[Pt+4].[Sn]. The molecule has 1 aromatic rings. The van der Waals surface area contributed by atoms with E-state index in [1.165, 1.54) is 5.56 Å². The van der Waals surface area contributed by atoms with Crippen molar-refractivity contribution in [2.75, 3.05) is 0 Å². The smallest absolute Gasteiger partial charge is 0.358 e. The van der Waals surface area contributed by atoms with E-state index in [9.17, 15) is 0 Å². The maximum Gasteiger partial charge on any atom is 4.00 e. The van der Waals surface area contributed by atoms with Crippen LogP contribution in [0, 0.1) is 29.2 Å². The van der Waals surface area contributed by atoms with Gasteiger partial charge in [-0.15, -0.1) is 0 Å². The quantitative estimate of drug-likeness (QED) is 0.432. The zero-order chi connectivity index (χ0) is 4.41. The normalized spacial score (nSPS) is 4.82. The first-order valence-electron chi connectivity index (χ1n) is 2.08. The summed E-state index contributed by atoms with van der Waals surface area (Å²) in [6, 6.07) is 8.24. The summed E-state index contributed by atoms with van der Waals surface area (Å²) < 4.78 is 0. The number of rotatable bonds is 0. The third-order valence-electron chi connectivity index (χ3n) is 0.829. The van der Waals surface area contributed by atoms with E-state index >= 15 is 0 Å². The van der Waals surface area contributed by atoms with Gasteiger partial charge in [-0.1, -0.05) is 6.92 Å². The van der Waals surface area contributed by atoms with Crippen molar-refractivity contribution in [3.8, 4) is 0 Å². The molecule has 0 atom stereocenters. The summed E-state index contributed by atoms with van der Waals surface area (Å²) in [5.74, 6) is 0. The first kappa shape index (κ1) is 29.7. The van der Waals surface area contributed by atoms with Crippen LogP contribution in [0.3, 0.4) is 0 Å². The molecule has 0 nitrogen and oxygen atoms in total. The Morgan fingerprint density at radius 3 is 1.27 bits per heavy atom. The van der Waals surface area contributed by atoms with Crippen LogP contribution in [0.15, 0.2) is 24.3 Å². The van der Waals surface area contributed by atoms with Crippen molar-refractivity contribution in [2.24, 2.45) is 0 Å². The Kier molecular flexibility index (Phi) is 46.2. The van der Waals surface area contributed by atoms with Gasteiger partial charge in [0.25, 0.3) is 0 Å². The van der Waals surface area contributed by atoms with Crippen molar-refractivity contribution >= 4 is 23.9 Å². The summed E-state index contributed by atoms with van der Waals surface area (Å²) in [7, 11) is 0.